The summed E-state index contributed by atoms with van der Waals surface area (Å²) >= 11 is 0. The Hall–Kier alpha value is -2.40. The molecule has 0 spiro atoms. The first kappa shape index (κ1) is 13.0. The Labute approximate surface area is 110 Å². The van der Waals surface area contributed by atoms with Gasteiger partial charge in [-0.3, -0.25) is 4.79 Å². The summed E-state index contributed by atoms with van der Waals surface area (Å²) in [5, 5.41) is 8.42. The number of carboxylic acids is 1. The summed E-state index contributed by atoms with van der Waals surface area (Å²) in [6, 6.07) is 7.49. The van der Waals surface area contributed by atoms with Crippen molar-refractivity contribution in [2.75, 3.05) is 0 Å². The summed E-state index contributed by atoms with van der Waals surface area (Å²) in [4.78, 5) is 16.8. The number of aliphatic carboxylic acids is 1. The van der Waals surface area contributed by atoms with Gasteiger partial charge in [-0.2, -0.15) is 0 Å². The first-order chi connectivity index (χ1) is 9.16. The summed E-state index contributed by atoms with van der Waals surface area (Å²) in [5.74, 6) is -1.01. The largest absolute Gasteiger partial charge is 0.480 e. The zero-order chi connectivity index (χ0) is 13.7. The molecule has 5 heteroatoms. The van der Waals surface area contributed by atoms with Crippen molar-refractivity contribution in [3.8, 4) is 0 Å². The summed E-state index contributed by atoms with van der Waals surface area (Å²) < 4.78 is 0. The third-order valence-electron chi connectivity index (χ3n) is 2.74. The molecule has 19 heavy (non-hydrogen) atoms. The molecule has 0 radical (unpaired) electrons. The van der Waals surface area contributed by atoms with Crippen LogP contribution in [-0.4, -0.2) is 27.1 Å². The van der Waals surface area contributed by atoms with Crippen molar-refractivity contribution in [3.05, 3.63) is 53.6 Å². The smallest absolute Gasteiger partial charge is 0.320 e. The van der Waals surface area contributed by atoms with Crippen molar-refractivity contribution in [2.24, 2.45) is 5.73 Å². The fraction of sp³-hybridized carbons (Fsp3) is 0.143. The van der Waals surface area contributed by atoms with Crippen LogP contribution in [0.5, 0.6) is 0 Å². The van der Waals surface area contributed by atoms with Crippen LogP contribution in [0.4, 0.5) is 0 Å². The maximum Gasteiger partial charge on any atom is 0.320 e. The van der Waals surface area contributed by atoms with Crippen LogP contribution in [0.15, 0.2) is 36.8 Å². The summed E-state index contributed by atoms with van der Waals surface area (Å²) in [7, 11) is 0. The second kappa shape index (κ2) is 5.97. The van der Waals surface area contributed by atoms with E-state index in [9.17, 15) is 4.79 Å². The van der Waals surface area contributed by atoms with Crippen molar-refractivity contribution in [3.63, 3.8) is 0 Å². The number of nitrogens with two attached hydrogens (primary N) is 1. The lowest BCUT2D eigenvalue weighted by Crippen LogP contribution is -2.32. The molecule has 1 unspecified atom stereocenters. The van der Waals surface area contributed by atoms with E-state index in [1.807, 2.05) is 0 Å². The Morgan fingerprint density at radius 3 is 2.32 bits per heavy atom. The minimum atomic E-state index is -1.01. The van der Waals surface area contributed by atoms with Gasteiger partial charge in [0, 0.05) is 12.6 Å². The van der Waals surface area contributed by atoms with Crippen LogP contribution < -0.4 is 5.73 Å². The van der Waals surface area contributed by atoms with Crippen molar-refractivity contribution in [2.45, 2.75) is 12.5 Å². The summed E-state index contributed by atoms with van der Waals surface area (Å²) in [6.45, 7) is 0. The molecular weight excluding hydrogens is 242 g/mol. The van der Waals surface area contributed by atoms with Gasteiger partial charge in [0.05, 0.1) is 12.0 Å². The van der Waals surface area contributed by atoms with Gasteiger partial charge in [0.15, 0.2) is 0 Å². The number of aromatic amines is 1. The van der Waals surface area contributed by atoms with Gasteiger partial charge >= 0.3 is 5.97 Å². The summed E-state index contributed by atoms with van der Waals surface area (Å²) in [6.07, 6.45) is 7.62. The number of benzene rings is 1. The standard InChI is InChI=1S/C8H6.C6H9N3O2/c1-2-4-8-6-5-7(8)3-1;7-5(6(10)11)1-4-2-8-3-9-4/h1-6H;2-3,5H,1,7H2,(H,8,9)(H,10,11). The fourth-order valence-corrected chi connectivity index (χ4v) is 1.61. The minimum absolute atomic E-state index is 0.263. The van der Waals surface area contributed by atoms with Gasteiger partial charge in [-0.05, 0) is 11.1 Å². The Kier molecular flexibility index (Phi) is 4.10. The molecule has 4 N–H and O–H groups in total. The van der Waals surface area contributed by atoms with Gasteiger partial charge in [0.25, 0.3) is 0 Å². The van der Waals surface area contributed by atoms with Crippen LogP contribution in [0.3, 0.4) is 0 Å². The molecule has 98 valence electrons. The van der Waals surface area contributed by atoms with Gasteiger partial charge in [-0.25, -0.2) is 4.98 Å². The highest BCUT2D eigenvalue weighted by Crippen LogP contribution is 2.21. The minimum Gasteiger partial charge on any atom is -0.480 e. The van der Waals surface area contributed by atoms with E-state index in [2.05, 4.69) is 46.4 Å². The number of carbonyl (C=O) groups is 1. The second-order valence-electron chi connectivity index (χ2n) is 4.17. The van der Waals surface area contributed by atoms with Gasteiger partial charge in [0.1, 0.15) is 6.04 Å². The topological polar surface area (TPSA) is 92.0 Å². The number of nitrogens with one attached hydrogen (secondary N) is 1. The molecule has 0 aliphatic heterocycles. The molecule has 0 saturated heterocycles. The second-order valence-corrected chi connectivity index (χ2v) is 4.17. The van der Waals surface area contributed by atoms with Crippen LogP contribution in [0.2, 0.25) is 0 Å². The molecule has 3 rings (SSSR count). The van der Waals surface area contributed by atoms with Crippen LogP contribution in [0.25, 0.3) is 12.2 Å². The average Bonchev–Trinajstić information content (AvgIpc) is 2.84. The number of fused-ring (bicyclic) bond motifs is 1. The molecule has 5 nitrogen and oxygen atoms in total. The monoisotopic (exact) mass is 257 g/mol. The third kappa shape index (κ3) is 3.53. The number of hydrogen-bond acceptors (Lipinski definition) is 3. The van der Waals surface area contributed by atoms with Crippen LogP contribution in [0, 0.1) is 0 Å². The first-order valence-corrected chi connectivity index (χ1v) is 5.90. The van der Waals surface area contributed by atoms with E-state index in [1.165, 1.54) is 17.5 Å². The molecule has 0 fully saturated rings. The SMILES string of the molecule is C1=Cc2ccccc21.NC(Cc1c[nH]cn1)C(=O)O. The van der Waals surface area contributed by atoms with E-state index in [1.54, 1.807) is 6.20 Å². The highest BCUT2D eigenvalue weighted by atomic mass is 16.4. The molecule has 0 amide bonds. The Bertz CT molecular complexity index is 551. The molecule has 0 saturated carbocycles. The van der Waals surface area contributed by atoms with Gasteiger partial charge in [-0.15, -0.1) is 0 Å². The Morgan fingerprint density at radius 1 is 1.32 bits per heavy atom. The first-order valence-electron chi connectivity index (χ1n) is 5.90. The van der Waals surface area contributed by atoms with E-state index < -0.39 is 12.0 Å². The number of rotatable bonds is 3. The van der Waals surface area contributed by atoms with Gasteiger partial charge in [0.2, 0.25) is 0 Å². The van der Waals surface area contributed by atoms with E-state index in [0.717, 1.165) is 0 Å². The molecule has 1 aliphatic carbocycles. The number of imidazole rings is 1. The molecule has 1 aromatic heterocycles. The normalized spacial score (nSPS) is 12.7. The maximum atomic E-state index is 10.3. The highest BCUT2D eigenvalue weighted by Gasteiger charge is 2.12. The van der Waals surface area contributed by atoms with Crippen LogP contribution >= 0.6 is 0 Å². The van der Waals surface area contributed by atoms with Crippen molar-refractivity contribution in [1.82, 2.24) is 9.97 Å². The van der Waals surface area contributed by atoms with Crippen LogP contribution in [-0.2, 0) is 11.2 Å². The Balaban J connectivity index is 0.000000146. The molecular formula is C14H15N3O2. The van der Waals surface area contributed by atoms with E-state index >= 15 is 0 Å². The van der Waals surface area contributed by atoms with Gasteiger partial charge in [-0.1, -0.05) is 36.4 Å². The number of carboxylic acid groups (broad SMARTS) is 1. The number of nitrogens with zero attached hydrogens (tertiary/aromatic N) is 1. The average molecular weight is 257 g/mol. The maximum absolute atomic E-state index is 10.3. The Morgan fingerprint density at radius 2 is 1.95 bits per heavy atom. The lowest BCUT2D eigenvalue weighted by Gasteiger charge is -2.06. The van der Waals surface area contributed by atoms with Crippen molar-refractivity contribution in [1.29, 1.82) is 0 Å². The molecule has 1 aromatic carbocycles. The predicted molar refractivity (Wildman–Crippen MR) is 73.3 cm³/mol. The molecule has 0 bridgehead atoms. The van der Waals surface area contributed by atoms with E-state index in [-0.39, 0.29) is 6.42 Å². The predicted octanol–water partition coefficient (Wildman–Crippen LogP) is 1.53. The molecule has 1 atom stereocenters. The van der Waals surface area contributed by atoms with Crippen molar-refractivity contribution >= 4 is 18.1 Å². The van der Waals surface area contributed by atoms with E-state index in [4.69, 9.17) is 10.8 Å². The quantitative estimate of drug-likeness (QED) is 0.663. The van der Waals surface area contributed by atoms with E-state index in [0.29, 0.717) is 5.69 Å². The van der Waals surface area contributed by atoms with Crippen molar-refractivity contribution < 1.29 is 9.90 Å². The molecule has 2 aromatic rings. The highest BCUT2D eigenvalue weighted by molar-refractivity contribution is 5.85. The molecule has 1 heterocycles. The zero-order valence-corrected chi connectivity index (χ0v) is 10.3. The summed E-state index contributed by atoms with van der Waals surface area (Å²) in [5.41, 5.74) is 8.66. The number of H-pyrrole nitrogens is 1. The third-order valence-corrected chi connectivity index (χ3v) is 2.74. The fourth-order valence-electron chi connectivity index (χ4n) is 1.61. The lowest BCUT2D eigenvalue weighted by molar-refractivity contribution is -0.138. The number of hydrogen-bond donors (Lipinski definition) is 3. The molecule has 1 aliphatic rings. The van der Waals surface area contributed by atoms with Crippen LogP contribution in [0.1, 0.15) is 16.8 Å². The lowest BCUT2D eigenvalue weighted by atomic mass is 9.99. The van der Waals surface area contributed by atoms with Gasteiger partial charge < -0.3 is 15.8 Å². The zero-order valence-electron chi connectivity index (χ0n) is 10.3. The number of aromatic nitrogens is 2.